The molecule has 2 rings (SSSR count). The normalized spacial score (nSPS) is 16.8. The van der Waals surface area contributed by atoms with Gasteiger partial charge in [-0.3, -0.25) is 0 Å². The topological polar surface area (TPSA) is 84.8 Å². The summed E-state index contributed by atoms with van der Waals surface area (Å²) >= 11 is 0. The number of para-hydroxylation sites is 1. The lowest BCUT2D eigenvalue weighted by Gasteiger charge is -2.36. The third-order valence-corrected chi connectivity index (χ3v) is 3.52. The number of hydroxylamine groups is 2. The number of carbonyl (C=O) groups excluding carboxylic acids is 1. The zero-order chi connectivity index (χ0) is 15.6. The van der Waals surface area contributed by atoms with E-state index in [4.69, 9.17) is 16.3 Å². The first kappa shape index (κ1) is 15.4. The summed E-state index contributed by atoms with van der Waals surface area (Å²) in [7, 11) is 0. The minimum absolute atomic E-state index is 0.209. The number of rotatable bonds is 2. The SMILES string of the molecule is CC(C)(C)C(=O)ON1CCN(c2cccc(N)c2N)CC1. The molecule has 6 nitrogen and oxygen atoms in total. The van der Waals surface area contributed by atoms with Crippen LogP contribution in [-0.4, -0.2) is 37.2 Å². The van der Waals surface area contributed by atoms with Gasteiger partial charge in [0.25, 0.3) is 0 Å². The van der Waals surface area contributed by atoms with Gasteiger partial charge in [-0.05, 0) is 32.9 Å². The lowest BCUT2D eigenvalue weighted by atomic mass is 9.98. The van der Waals surface area contributed by atoms with Gasteiger partial charge in [0.05, 0.1) is 35.6 Å². The fourth-order valence-corrected chi connectivity index (χ4v) is 2.12. The van der Waals surface area contributed by atoms with Crippen molar-refractivity contribution < 1.29 is 9.63 Å². The van der Waals surface area contributed by atoms with Gasteiger partial charge in [-0.1, -0.05) is 6.07 Å². The third-order valence-electron chi connectivity index (χ3n) is 3.52. The van der Waals surface area contributed by atoms with Gasteiger partial charge in [0.15, 0.2) is 0 Å². The predicted molar refractivity (Wildman–Crippen MR) is 84.6 cm³/mol. The van der Waals surface area contributed by atoms with Crippen molar-refractivity contribution >= 4 is 23.0 Å². The minimum Gasteiger partial charge on any atom is -0.397 e. The Morgan fingerprint density at radius 1 is 1.14 bits per heavy atom. The van der Waals surface area contributed by atoms with E-state index in [1.807, 2.05) is 32.9 Å². The van der Waals surface area contributed by atoms with E-state index < -0.39 is 5.41 Å². The number of nitrogen functional groups attached to an aromatic ring is 2. The standard InChI is InChI=1S/C15H24N4O2/c1-15(2,3)14(20)21-19-9-7-18(8-10-19)12-6-4-5-11(16)13(12)17/h4-6H,7-10,16-17H2,1-3H3. The van der Waals surface area contributed by atoms with Crippen molar-refractivity contribution in [3.63, 3.8) is 0 Å². The zero-order valence-corrected chi connectivity index (χ0v) is 12.9. The molecule has 0 spiro atoms. The van der Waals surface area contributed by atoms with Crippen LogP contribution in [0.3, 0.4) is 0 Å². The van der Waals surface area contributed by atoms with Gasteiger partial charge >= 0.3 is 5.97 Å². The molecule has 116 valence electrons. The number of hydrogen-bond acceptors (Lipinski definition) is 6. The summed E-state index contributed by atoms with van der Waals surface area (Å²) in [6.07, 6.45) is 0. The van der Waals surface area contributed by atoms with Gasteiger partial charge in [0.1, 0.15) is 0 Å². The van der Waals surface area contributed by atoms with Crippen molar-refractivity contribution in [2.24, 2.45) is 5.41 Å². The summed E-state index contributed by atoms with van der Waals surface area (Å²) in [6.45, 7) is 8.32. The average molecular weight is 292 g/mol. The molecule has 1 fully saturated rings. The second kappa shape index (κ2) is 5.81. The fourth-order valence-electron chi connectivity index (χ4n) is 2.12. The number of carbonyl (C=O) groups is 1. The molecule has 0 saturated carbocycles. The van der Waals surface area contributed by atoms with Crippen LogP contribution in [0.25, 0.3) is 0 Å². The molecule has 0 atom stereocenters. The van der Waals surface area contributed by atoms with Crippen LogP contribution in [0.4, 0.5) is 17.1 Å². The Morgan fingerprint density at radius 3 is 2.33 bits per heavy atom. The maximum Gasteiger partial charge on any atom is 0.330 e. The molecule has 0 aromatic heterocycles. The van der Waals surface area contributed by atoms with E-state index in [9.17, 15) is 4.79 Å². The molecule has 1 aliphatic rings. The summed E-state index contributed by atoms with van der Waals surface area (Å²) in [4.78, 5) is 19.4. The quantitative estimate of drug-likeness (QED) is 0.803. The summed E-state index contributed by atoms with van der Waals surface area (Å²) in [6, 6.07) is 5.65. The van der Waals surface area contributed by atoms with E-state index >= 15 is 0 Å². The van der Waals surface area contributed by atoms with Gasteiger partial charge in [0.2, 0.25) is 0 Å². The Bertz CT molecular complexity index is 517. The van der Waals surface area contributed by atoms with E-state index in [0.29, 0.717) is 24.5 Å². The maximum atomic E-state index is 11.9. The van der Waals surface area contributed by atoms with Crippen LogP contribution >= 0.6 is 0 Å². The summed E-state index contributed by atoms with van der Waals surface area (Å²) < 4.78 is 0. The van der Waals surface area contributed by atoms with Crippen molar-refractivity contribution in [2.45, 2.75) is 20.8 Å². The van der Waals surface area contributed by atoms with Crippen molar-refractivity contribution in [1.82, 2.24) is 5.06 Å². The van der Waals surface area contributed by atoms with Crippen LogP contribution < -0.4 is 16.4 Å². The highest BCUT2D eigenvalue weighted by molar-refractivity contribution is 5.79. The summed E-state index contributed by atoms with van der Waals surface area (Å²) in [5, 5.41) is 1.71. The molecule has 21 heavy (non-hydrogen) atoms. The fraction of sp³-hybridized carbons (Fsp3) is 0.533. The summed E-state index contributed by atoms with van der Waals surface area (Å²) in [5.74, 6) is -0.209. The lowest BCUT2D eigenvalue weighted by molar-refractivity contribution is -0.201. The largest absolute Gasteiger partial charge is 0.397 e. The highest BCUT2D eigenvalue weighted by Crippen LogP contribution is 2.29. The van der Waals surface area contributed by atoms with E-state index in [2.05, 4.69) is 4.90 Å². The molecule has 4 N–H and O–H groups in total. The molecule has 0 aliphatic carbocycles. The molecular weight excluding hydrogens is 268 g/mol. The first-order valence-corrected chi connectivity index (χ1v) is 7.15. The van der Waals surface area contributed by atoms with Crippen molar-refractivity contribution in [1.29, 1.82) is 0 Å². The number of hydrogen-bond donors (Lipinski definition) is 2. The Kier molecular flexibility index (Phi) is 4.27. The van der Waals surface area contributed by atoms with Gasteiger partial charge in [-0.25, -0.2) is 4.79 Å². The molecule has 1 aromatic carbocycles. The van der Waals surface area contributed by atoms with Crippen LogP contribution in [0.5, 0.6) is 0 Å². The van der Waals surface area contributed by atoms with Crippen molar-refractivity contribution in [2.75, 3.05) is 42.5 Å². The number of nitrogens with zero attached hydrogens (tertiary/aromatic N) is 2. The second-order valence-electron chi connectivity index (χ2n) is 6.32. The van der Waals surface area contributed by atoms with Gasteiger partial charge in [-0.15, -0.1) is 5.06 Å². The molecule has 6 heteroatoms. The van der Waals surface area contributed by atoms with Gasteiger partial charge in [0, 0.05) is 13.1 Å². The molecule has 0 bridgehead atoms. The number of nitrogens with two attached hydrogens (primary N) is 2. The predicted octanol–water partition coefficient (Wildman–Crippen LogP) is 1.48. The molecule has 1 aromatic rings. The average Bonchev–Trinajstić information content (AvgIpc) is 2.42. The minimum atomic E-state index is -0.491. The van der Waals surface area contributed by atoms with E-state index in [-0.39, 0.29) is 5.97 Å². The van der Waals surface area contributed by atoms with Crippen LogP contribution in [0.1, 0.15) is 20.8 Å². The maximum absolute atomic E-state index is 11.9. The highest BCUT2D eigenvalue weighted by atomic mass is 16.7. The lowest BCUT2D eigenvalue weighted by Crippen LogP contribution is -2.48. The smallest absolute Gasteiger partial charge is 0.330 e. The molecule has 0 unspecified atom stereocenters. The van der Waals surface area contributed by atoms with Crippen molar-refractivity contribution in [3.8, 4) is 0 Å². The molecule has 1 heterocycles. The van der Waals surface area contributed by atoms with E-state index in [1.54, 1.807) is 11.1 Å². The zero-order valence-electron chi connectivity index (χ0n) is 12.9. The van der Waals surface area contributed by atoms with Crippen LogP contribution in [-0.2, 0) is 9.63 Å². The number of piperazine rings is 1. The third kappa shape index (κ3) is 3.58. The highest BCUT2D eigenvalue weighted by Gasteiger charge is 2.28. The van der Waals surface area contributed by atoms with Crippen LogP contribution in [0.2, 0.25) is 0 Å². The van der Waals surface area contributed by atoms with Gasteiger partial charge in [-0.2, -0.15) is 0 Å². The Balaban J connectivity index is 1.95. The van der Waals surface area contributed by atoms with E-state index in [1.165, 1.54) is 0 Å². The Labute approximate surface area is 125 Å². The van der Waals surface area contributed by atoms with Gasteiger partial charge < -0.3 is 21.2 Å². The molecule has 0 radical (unpaired) electrons. The first-order chi connectivity index (χ1) is 9.79. The van der Waals surface area contributed by atoms with Crippen molar-refractivity contribution in [3.05, 3.63) is 18.2 Å². The Morgan fingerprint density at radius 2 is 1.76 bits per heavy atom. The Hall–Kier alpha value is -1.95. The monoisotopic (exact) mass is 292 g/mol. The molecule has 0 amide bonds. The van der Waals surface area contributed by atoms with E-state index in [0.717, 1.165) is 18.8 Å². The number of benzene rings is 1. The summed E-state index contributed by atoms with van der Waals surface area (Å²) in [5.41, 5.74) is 13.5. The van der Waals surface area contributed by atoms with Crippen LogP contribution in [0, 0.1) is 5.41 Å². The first-order valence-electron chi connectivity index (χ1n) is 7.15. The number of anilines is 3. The molecular formula is C15H24N4O2. The van der Waals surface area contributed by atoms with Crippen LogP contribution in [0.15, 0.2) is 18.2 Å². The molecule has 1 saturated heterocycles. The second-order valence-corrected chi connectivity index (χ2v) is 6.32. The molecule has 1 aliphatic heterocycles.